The minimum absolute atomic E-state index is 0.220. The molecule has 1 unspecified atom stereocenters. The number of nitrogens with one attached hydrogen (secondary N) is 1. The first-order chi connectivity index (χ1) is 9.04. The van der Waals surface area contributed by atoms with Crippen molar-refractivity contribution in [3.05, 3.63) is 34.9 Å². The molecule has 0 bridgehead atoms. The summed E-state index contributed by atoms with van der Waals surface area (Å²) in [5.41, 5.74) is 0.0656. The van der Waals surface area contributed by atoms with E-state index in [9.17, 15) is 17.2 Å². The molecule has 1 N–H and O–H groups in total. The number of aryl methyl sites for hydroxylation is 1. The van der Waals surface area contributed by atoms with Crippen LogP contribution in [0.2, 0.25) is 0 Å². The van der Waals surface area contributed by atoms with Gasteiger partial charge < -0.3 is 5.32 Å². The van der Waals surface area contributed by atoms with E-state index in [1.807, 2.05) is 0 Å². The van der Waals surface area contributed by atoms with E-state index in [-0.39, 0.29) is 11.1 Å². The first-order valence-corrected chi connectivity index (χ1v) is 8.30. The van der Waals surface area contributed by atoms with Gasteiger partial charge in [-0.2, -0.15) is 0 Å². The molecule has 0 aliphatic carbocycles. The highest BCUT2D eigenvalue weighted by Gasteiger charge is 2.42. The van der Waals surface area contributed by atoms with Crippen LogP contribution in [-0.4, -0.2) is 26.0 Å². The molecule has 20 heavy (non-hydrogen) atoms. The fourth-order valence-electron chi connectivity index (χ4n) is 2.06. The molecule has 0 radical (unpaired) electrons. The third-order valence-corrected chi connectivity index (χ3v) is 5.81. The van der Waals surface area contributed by atoms with Crippen LogP contribution in [0.4, 0.5) is 8.78 Å². The van der Waals surface area contributed by atoms with Crippen LogP contribution < -0.4 is 5.32 Å². The molecule has 0 aliphatic heterocycles. The van der Waals surface area contributed by atoms with Crippen molar-refractivity contribution in [1.82, 2.24) is 5.32 Å². The monoisotopic (exact) mass is 305 g/mol. The zero-order chi connectivity index (χ0) is 15.7. The van der Waals surface area contributed by atoms with E-state index in [2.05, 4.69) is 5.32 Å². The molecule has 0 saturated carbocycles. The standard InChI is InChI=1S/C14H21F2NO2S/c1-6-17-13(14(3,4)20(5,18)19)11-10(15)8-7-9(2)12(11)16/h7-8,13,17H,6H2,1-5H3. The van der Waals surface area contributed by atoms with Crippen LogP contribution in [-0.2, 0) is 9.84 Å². The molecule has 0 fully saturated rings. The molecule has 0 spiro atoms. The summed E-state index contributed by atoms with van der Waals surface area (Å²) in [6.45, 7) is 6.62. The van der Waals surface area contributed by atoms with Gasteiger partial charge >= 0.3 is 0 Å². The van der Waals surface area contributed by atoms with Gasteiger partial charge in [0.25, 0.3) is 0 Å². The van der Waals surface area contributed by atoms with Crippen molar-refractivity contribution >= 4 is 9.84 Å². The minimum atomic E-state index is -3.51. The number of sulfone groups is 1. The Morgan fingerprint density at radius 3 is 2.30 bits per heavy atom. The Hall–Kier alpha value is -1.01. The molecule has 0 aliphatic rings. The molecule has 0 aromatic heterocycles. The maximum absolute atomic E-state index is 14.3. The lowest BCUT2D eigenvalue weighted by Gasteiger charge is -2.34. The maximum atomic E-state index is 14.3. The lowest BCUT2D eigenvalue weighted by molar-refractivity contribution is 0.396. The Balaban J connectivity index is 3.55. The summed E-state index contributed by atoms with van der Waals surface area (Å²) in [7, 11) is -3.51. The zero-order valence-electron chi connectivity index (χ0n) is 12.4. The van der Waals surface area contributed by atoms with Crippen LogP contribution in [0, 0.1) is 18.6 Å². The highest BCUT2D eigenvalue weighted by Crippen LogP contribution is 2.35. The smallest absolute Gasteiger partial charge is 0.154 e. The summed E-state index contributed by atoms with van der Waals surface area (Å²) >= 11 is 0. The maximum Gasteiger partial charge on any atom is 0.154 e. The molecule has 3 nitrogen and oxygen atoms in total. The van der Waals surface area contributed by atoms with E-state index >= 15 is 0 Å². The second-order valence-corrected chi connectivity index (χ2v) is 8.05. The van der Waals surface area contributed by atoms with E-state index in [0.717, 1.165) is 12.3 Å². The van der Waals surface area contributed by atoms with Gasteiger partial charge in [0.1, 0.15) is 11.6 Å². The summed E-state index contributed by atoms with van der Waals surface area (Å²) in [5, 5.41) is 2.90. The molecule has 1 atom stereocenters. The van der Waals surface area contributed by atoms with E-state index < -0.39 is 32.3 Å². The molecule has 1 aromatic carbocycles. The number of hydrogen-bond acceptors (Lipinski definition) is 3. The molecule has 6 heteroatoms. The van der Waals surface area contributed by atoms with Crippen LogP contribution in [0.3, 0.4) is 0 Å². The van der Waals surface area contributed by atoms with Crippen LogP contribution >= 0.6 is 0 Å². The molecule has 1 aromatic rings. The van der Waals surface area contributed by atoms with Crippen molar-refractivity contribution in [1.29, 1.82) is 0 Å². The SMILES string of the molecule is CCNC(c1c(F)ccc(C)c1F)C(C)(C)S(C)(=O)=O. The lowest BCUT2D eigenvalue weighted by Crippen LogP contribution is -2.45. The average Bonchev–Trinajstić information content (AvgIpc) is 2.31. The molecule has 0 heterocycles. The van der Waals surface area contributed by atoms with Crippen LogP contribution in [0.25, 0.3) is 0 Å². The molecule has 1 rings (SSSR count). The second kappa shape index (κ2) is 5.77. The second-order valence-electron chi connectivity index (χ2n) is 5.46. The third-order valence-electron chi connectivity index (χ3n) is 3.67. The molecular weight excluding hydrogens is 284 g/mol. The van der Waals surface area contributed by atoms with E-state index in [0.29, 0.717) is 6.54 Å². The third kappa shape index (κ3) is 3.01. The van der Waals surface area contributed by atoms with E-state index in [4.69, 9.17) is 0 Å². The minimum Gasteiger partial charge on any atom is -0.309 e. The molecular formula is C14H21F2NO2S. The summed E-state index contributed by atoms with van der Waals surface area (Å²) in [5.74, 6) is -1.44. The predicted octanol–water partition coefficient (Wildman–Crippen LogP) is 2.75. The number of benzene rings is 1. The van der Waals surface area contributed by atoms with Gasteiger partial charge in [-0.05, 0) is 38.9 Å². The van der Waals surface area contributed by atoms with Gasteiger partial charge in [-0.25, -0.2) is 17.2 Å². The van der Waals surface area contributed by atoms with Crippen molar-refractivity contribution in [2.75, 3.05) is 12.8 Å². The Bertz CT molecular complexity index is 597. The van der Waals surface area contributed by atoms with Gasteiger partial charge in [-0.1, -0.05) is 13.0 Å². The first-order valence-electron chi connectivity index (χ1n) is 6.41. The predicted molar refractivity (Wildman–Crippen MR) is 76.4 cm³/mol. The summed E-state index contributed by atoms with van der Waals surface area (Å²) in [6.07, 6.45) is 1.07. The van der Waals surface area contributed by atoms with Crippen molar-refractivity contribution in [3.63, 3.8) is 0 Å². The van der Waals surface area contributed by atoms with Gasteiger partial charge in [0, 0.05) is 11.8 Å². The molecule has 114 valence electrons. The van der Waals surface area contributed by atoms with Crippen LogP contribution in [0.5, 0.6) is 0 Å². The van der Waals surface area contributed by atoms with Crippen molar-refractivity contribution in [2.45, 2.75) is 38.5 Å². The molecule has 0 saturated heterocycles. The lowest BCUT2D eigenvalue weighted by atomic mass is 9.92. The summed E-state index contributed by atoms with van der Waals surface area (Å²) < 4.78 is 50.9. The van der Waals surface area contributed by atoms with Gasteiger partial charge in [0.2, 0.25) is 0 Å². The van der Waals surface area contributed by atoms with Crippen LogP contribution in [0.15, 0.2) is 12.1 Å². The Labute approximate surface area is 119 Å². The van der Waals surface area contributed by atoms with Gasteiger partial charge in [-0.15, -0.1) is 0 Å². The Morgan fingerprint density at radius 2 is 1.85 bits per heavy atom. The fourth-order valence-corrected chi connectivity index (χ4v) is 2.69. The summed E-state index contributed by atoms with van der Waals surface area (Å²) in [6, 6.07) is 1.54. The van der Waals surface area contributed by atoms with Gasteiger partial charge in [0.05, 0.1) is 10.8 Å². The van der Waals surface area contributed by atoms with Crippen molar-refractivity contribution in [2.24, 2.45) is 0 Å². The summed E-state index contributed by atoms with van der Waals surface area (Å²) in [4.78, 5) is 0. The average molecular weight is 305 g/mol. The van der Waals surface area contributed by atoms with Crippen molar-refractivity contribution in [3.8, 4) is 0 Å². The highest BCUT2D eigenvalue weighted by molar-refractivity contribution is 7.92. The number of hydrogen-bond donors (Lipinski definition) is 1. The highest BCUT2D eigenvalue weighted by atomic mass is 32.2. The fraction of sp³-hybridized carbons (Fsp3) is 0.571. The number of rotatable bonds is 5. The Kier molecular flexibility index (Phi) is 4.92. The Morgan fingerprint density at radius 1 is 1.30 bits per heavy atom. The van der Waals surface area contributed by atoms with Gasteiger partial charge in [0.15, 0.2) is 9.84 Å². The molecule has 0 amide bonds. The van der Waals surface area contributed by atoms with Crippen molar-refractivity contribution < 1.29 is 17.2 Å². The van der Waals surface area contributed by atoms with E-state index in [1.54, 1.807) is 6.92 Å². The largest absolute Gasteiger partial charge is 0.309 e. The normalized spacial score (nSPS) is 14.3. The van der Waals surface area contributed by atoms with E-state index in [1.165, 1.54) is 26.8 Å². The zero-order valence-corrected chi connectivity index (χ0v) is 13.2. The topological polar surface area (TPSA) is 46.2 Å². The quantitative estimate of drug-likeness (QED) is 0.910. The van der Waals surface area contributed by atoms with Gasteiger partial charge in [-0.3, -0.25) is 0 Å². The first kappa shape index (κ1) is 17.0. The van der Waals surface area contributed by atoms with Crippen LogP contribution in [0.1, 0.15) is 37.9 Å². The number of halogens is 2.